The molecule has 2 heterocycles. The molecule has 100 valence electrons. The Morgan fingerprint density at radius 3 is 2.75 bits per heavy atom. The summed E-state index contributed by atoms with van der Waals surface area (Å²) in [4.78, 5) is 4.38. The molecule has 3 N–H and O–H groups in total. The summed E-state index contributed by atoms with van der Waals surface area (Å²) in [6.45, 7) is 3.78. The summed E-state index contributed by atoms with van der Waals surface area (Å²) in [6.07, 6.45) is 1.81. The topological polar surface area (TPSA) is 80.6 Å². The lowest BCUT2D eigenvalue weighted by Crippen LogP contribution is -2.18. The zero-order valence-electron chi connectivity index (χ0n) is 11.4. The van der Waals surface area contributed by atoms with Gasteiger partial charge in [-0.3, -0.25) is 10.4 Å². The van der Waals surface area contributed by atoms with Gasteiger partial charge in [0.1, 0.15) is 5.84 Å². The van der Waals surface area contributed by atoms with E-state index >= 15 is 0 Å². The first-order chi connectivity index (χ1) is 9.58. The third-order valence-corrected chi connectivity index (χ3v) is 3.28. The predicted molar refractivity (Wildman–Crippen MR) is 79.4 cm³/mol. The molecule has 5 heteroatoms. The number of fused-ring (bicyclic) bond motifs is 1. The minimum Gasteiger partial charge on any atom is -0.384 e. The van der Waals surface area contributed by atoms with Gasteiger partial charge in [-0.1, -0.05) is 18.2 Å². The molecule has 20 heavy (non-hydrogen) atoms. The molecule has 0 saturated carbocycles. The number of nitrogens with zero attached hydrogens (tertiary/aromatic N) is 3. The molecule has 5 nitrogen and oxygen atoms in total. The number of rotatable bonds is 2. The summed E-state index contributed by atoms with van der Waals surface area (Å²) in [6, 6.07) is 9.85. The first kappa shape index (κ1) is 12.3. The zero-order valence-corrected chi connectivity index (χ0v) is 11.4. The number of para-hydroxylation sites is 1. The van der Waals surface area contributed by atoms with Crippen LogP contribution in [0.25, 0.3) is 16.6 Å². The Morgan fingerprint density at radius 2 is 2.00 bits per heavy atom. The first-order valence-electron chi connectivity index (χ1n) is 6.33. The van der Waals surface area contributed by atoms with E-state index < -0.39 is 0 Å². The predicted octanol–water partition coefficient (Wildman–Crippen LogP) is 2.32. The fourth-order valence-corrected chi connectivity index (χ4v) is 2.47. The first-order valence-corrected chi connectivity index (χ1v) is 6.33. The van der Waals surface area contributed by atoms with E-state index in [1.807, 2.05) is 55.1 Å². The quantitative estimate of drug-likeness (QED) is 0.551. The molecule has 3 rings (SSSR count). The van der Waals surface area contributed by atoms with Gasteiger partial charge in [0.25, 0.3) is 0 Å². The smallest absolute Gasteiger partial charge is 0.126 e. The highest BCUT2D eigenvalue weighted by Gasteiger charge is 2.15. The van der Waals surface area contributed by atoms with Crippen molar-refractivity contribution < 1.29 is 0 Å². The van der Waals surface area contributed by atoms with Crippen molar-refractivity contribution >= 4 is 16.7 Å². The molecule has 0 radical (unpaired) electrons. The number of hydrogen-bond donors (Lipinski definition) is 2. The van der Waals surface area contributed by atoms with Crippen molar-refractivity contribution in [2.75, 3.05) is 0 Å². The van der Waals surface area contributed by atoms with Gasteiger partial charge in [-0.2, -0.15) is 5.10 Å². The second kappa shape index (κ2) is 4.45. The lowest BCUT2D eigenvalue weighted by Gasteiger charge is -2.13. The molecule has 0 saturated heterocycles. The summed E-state index contributed by atoms with van der Waals surface area (Å²) < 4.78 is 1.81. The van der Waals surface area contributed by atoms with E-state index in [9.17, 15) is 0 Å². The number of pyridine rings is 1. The number of hydrogen-bond acceptors (Lipinski definition) is 3. The van der Waals surface area contributed by atoms with E-state index in [0.29, 0.717) is 5.56 Å². The highest BCUT2D eigenvalue weighted by atomic mass is 15.3. The van der Waals surface area contributed by atoms with Crippen LogP contribution in [-0.4, -0.2) is 20.6 Å². The van der Waals surface area contributed by atoms with Gasteiger partial charge in [-0.15, -0.1) is 0 Å². The fraction of sp³-hybridized carbons (Fsp3) is 0.133. The molecule has 0 aliphatic rings. The van der Waals surface area contributed by atoms with E-state index in [2.05, 4.69) is 10.1 Å². The Labute approximate surface area is 116 Å². The lowest BCUT2D eigenvalue weighted by atomic mass is 10.1. The molecule has 0 atom stereocenters. The maximum absolute atomic E-state index is 7.79. The molecule has 0 unspecified atom stereocenters. The Hall–Kier alpha value is -2.69. The van der Waals surface area contributed by atoms with Gasteiger partial charge in [0.05, 0.1) is 28.7 Å². The second-order valence-electron chi connectivity index (χ2n) is 4.77. The van der Waals surface area contributed by atoms with Gasteiger partial charge in [0, 0.05) is 11.1 Å². The number of amidine groups is 1. The monoisotopic (exact) mass is 265 g/mol. The molecule has 2 aromatic heterocycles. The van der Waals surface area contributed by atoms with Crippen LogP contribution in [0, 0.1) is 19.3 Å². The number of aryl methyl sites for hydroxylation is 2. The number of benzene rings is 1. The van der Waals surface area contributed by atoms with E-state index in [-0.39, 0.29) is 5.84 Å². The molecular formula is C15H15N5. The van der Waals surface area contributed by atoms with Crippen LogP contribution < -0.4 is 5.73 Å². The van der Waals surface area contributed by atoms with Crippen LogP contribution in [0.1, 0.15) is 17.0 Å². The van der Waals surface area contributed by atoms with Crippen molar-refractivity contribution in [3.8, 4) is 5.69 Å². The van der Waals surface area contributed by atoms with Gasteiger partial charge in [0.2, 0.25) is 0 Å². The van der Waals surface area contributed by atoms with E-state index in [0.717, 1.165) is 28.0 Å². The van der Waals surface area contributed by atoms with Crippen molar-refractivity contribution in [3.63, 3.8) is 0 Å². The van der Waals surface area contributed by atoms with Crippen LogP contribution in [0.3, 0.4) is 0 Å². The standard InChI is InChI=1S/C15H15N5/c1-9-7-13(14(15(16)17)10(2)19-9)20-12-6-4-3-5-11(12)8-18-20/h3-8H,1-2H3,(H3,16,17). The van der Waals surface area contributed by atoms with Crippen LogP contribution in [0.2, 0.25) is 0 Å². The van der Waals surface area contributed by atoms with Gasteiger partial charge < -0.3 is 5.73 Å². The summed E-state index contributed by atoms with van der Waals surface area (Å²) in [5, 5.41) is 13.3. The number of nitrogens with two attached hydrogens (primary N) is 1. The Balaban J connectivity index is 2.37. The normalized spacial score (nSPS) is 10.9. The number of nitrogen functional groups attached to an aromatic ring is 1. The van der Waals surface area contributed by atoms with Crippen molar-refractivity contribution in [2.45, 2.75) is 13.8 Å². The maximum Gasteiger partial charge on any atom is 0.126 e. The minimum absolute atomic E-state index is 0.00424. The highest BCUT2D eigenvalue weighted by Crippen LogP contribution is 2.22. The number of nitrogens with one attached hydrogen (secondary N) is 1. The van der Waals surface area contributed by atoms with Crippen molar-refractivity contribution in [2.24, 2.45) is 5.73 Å². The molecule has 0 aliphatic heterocycles. The molecule has 0 spiro atoms. The van der Waals surface area contributed by atoms with E-state index in [4.69, 9.17) is 11.1 Å². The van der Waals surface area contributed by atoms with Crippen LogP contribution in [0.4, 0.5) is 0 Å². The third-order valence-electron chi connectivity index (χ3n) is 3.28. The summed E-state index contributed by atoms with van der Waals surface area (Å²) in [7, 11) is 0. The minimum atomic E-state index is 0.00424. The maximum atomic E-state index is 7.79. The lowest BCUT2D eigenvalue weighted by molar-refractivity contribution is 0.895. The molecule has 0 fully saturated rings. The molecule has 0 aliphatic carbocycles. The Kier molecular flexibility index (Phi) is 2.75. The molecule has 0 bridgehead atoms. The van der Waals surface area contributed by atoms with Crippen LogP contribution in [-0.2, 0) is 0 Å². The SMILES string of the molecule is Cc1cc(-n2ncc3ccccc32)c(C(=N)N)c(C)n1. The Bertz CT molecular complexity index is 816. The second-order valence-corrected chi connectivity index (χ2v) is 4.77. The molecule has 0 amide bonds. The average molecular weight is 265 g/mol. The zero-order chi connectivity index (χ0) is 14.3. The van der Waals surface area contributed by atoms with Crippen LogP contribution in [0.15, 0.2) is 36.5 Å². The molecular weight excluding hydrogens is 250 g/mol. The van der Waals surface area contributed by atoms with Crippen molar-refractivity contribution in [1.29, 1.82) is 5.41 Å². The van der Waals surface area contributed by atoms with Crippen LogP contribution in [0.5, 0.6) is 0 Å². The average Bonchev–Trinajstić information content (AvgIpc) is 2.80. The molecule has 1 aromatic carbocycles. The summed E-state index contributed by atoms with van der Waals surface area (Å²) in [5.41, 5.74) is 9.75. The van der Waals surface area contributed by atoms with Gasteiger partial charge in [-0.25, -0.2) is 4.68 Å². The Morgan fingerprint density at radius 1 is 1.25 bits per heavy atom. The van der Waals surface area contributed by atoms with Crippen molar-refractivity contribution in [1.82, 2.24) is 14.8 Å². The number of aromatic nitrogens is 3. The third kappa shape index (κ3) is 1.84. The van der Waals surface area contributed by atoms with E-state index in [1.54, 1.807) is 0 Å². The highest BCUT2D eigenvalue weighted by molar-refractivity contribution is 6.00. The van der Waals surface area contributed by atoms with E-state index in [1.165, 1.54) is 0 Å². The van der Waals surface area contributed by atoms with Crippen LogP contribution >= 0.6 is 0 Å². The van der Waals surface area contributed by atoms with Crippen molar-refractivity contribution in [3.05, 3.63) is 53.5 Å². The molecule has 3 aromatic rings. The fourth-order valence-electron chi connectivity index (χ4n) is 2.47. The van der Waals surface area contributed by atoms with Gasteiger partial charge in [-0.05, 0) is 26.0 Å². The van der Waals surface area contributed by atoms with Gasteiger partial charge >= 0.3 is 0 Å². The summed E-state index contributed by atoms with van der Waals surface area (Å²) in [5.74, 6) is 0.00424. The van der Waals surface area contributed by atoms with Gasteiger partial charge in [0.15, 0.2) is 0 Å². The largest absolute Gasteiger partial charge is 0.384 e. The summed E-state index contributed by atoms with van der Waals surface area (Å²) >= 11 is 0.